The molecule has 0 heterocycles. The Balaban J connectivity index is 2.68. The Morgan fingerprint density at radius 2 is 1.61 bits per heavy atom. The van der Waals surface area contributed by atoms with Crippen LogP contribution in [0.1, 0.15) is 5.56 Å². The SMILES string of the molecule is NCc1ccc(F)c(-c2c(Cl)cc(Cl)cc2Cl)c1. The fraction of sp³-hybridized carbons (Fsp3) is 0.0769. The second-order valence-corrected chi connectivity index (χ2v) is 5.01. The third kappa shape index (κ3) is 2.62. The van der Waals surface area contributed by atoms with E-state index in [4.69, 9.17) is 40.5 Å². The molecule has 0 saturated carbocycles. The average Bonchev–Trinajstić information content (AvgIpc) is 2.30. The number of benzene rings is 2. The Labute approximate surface area is 119 Å². The molecule has 5 heteroatoms. The van der Waals surface area contributed by atoms with Crippen LogP contribution < -0.4 is 5.73 Å². The topological polar surface area (TPSA) is 26.0 Å². The van der Waals surface area contributed by atoms with Gasteiger partial charge in [0.1, 0.15) is 5.82 Å². The first kappa shape index (κ1) is 13.6. The van der Waals surface area contributed by atoms with Gasteiger partial charge in [-0.2, -0.15) is 0 Å². The van der Waals surface area contributed by atoms with Gasteiger partial charge in [0, 0.05) is 22.7 Å². The van der Waals surface area contributed by atoms with Crippen LogP contribution in [0.15, 0.2) is 30.3 Å². The molecule has 2 aromatic rings. The summed E-state index contributed by atoms with van der Waals surface area (Å²) in [4.78, 5) is 0. The van der Waals surface area contributed by atoms with Gasteiger partial charge in [-0.1, -0.05) is 40.9 Å². The monoisotopic (exact) mass is 303 g/mol. The molecule has 0 aromatic heterocycles. The Morgan fingerprint density at radius 1 is 1.00 bits per heavy atom. The lowest BCUT2D eigenvalue weighted by Gasteiger charge is -2.10. The molecule has 0 atom stereocenters. The standard InChI is InChI=1S/C13H9Cl3FN/c14-8-4-10(15)13(11(16)5-8)9-3-7(6-18)1-2-12(9)17/h1-5H,6,18H2. The van der Waals surface area contributed by atoms with Crippen LogP contribution >= 0.6 is 34.8 Å². The van der Waals surface area contributed by atoms with Crippen LogP contribution in [0, 0.1) is 5.82 Å². The van der Waals surface area contributed by atoms with Crippen molar-refractivity contribution in [2.45, 2.75) is 6.54 Å². The zero-order valence-corrected chi connectivity index (χ0v) is 11.5. The van der Waals surface area contributed by atoms with Gasteiger partial charge in [-0.05, 0) is 29.8 Å². The Morgan fingerprint density at radius 3 is 2.17 bits per heavy atom. The minimum Gasteiger partial charge on any atom is -0.326 e. The number of nitrogens with two attached hydrogens (primary N) is 1. The largest absolute Gasteiger partial charge is 0.326 e. The van der Waals surface area contributed by atoms with E-state index < -0.39 is 5.82 Å². The van der Waals surface area contributed by atoms with Gasteiger partial charge in [0.15, 0.2) is 0 Å². The van der Waals surface area contributed by atoms with Crippen LogP contribution in [0.25, 0.3) is 11.1 Å². The highest BCUT2D eigenvalue weighted by molar-refractivity contribution is 6.41. The Hall–Kier alpha value is -0.800. The fourth-order valence-corrected chi connectivity index (χ4v) is 2.71. The van der Waals surface area contributed by atoms with Crippen molar-refractivity contribution >= 4 is 34.8 Å². The minimum absolute atomic E-state index is 0.306. The van der Waals surface area contributed by atoms with Crippen molar-refractivity contribution in [3.8, 4) is 11.1 Å². The molecule has 0 spiro atoms. The molecule has 0 unspecified atom stereocenters. The van der Waals surface area contributed by atoms with Crippen LogP contribution in [0.5, 0.6) is 0 Å². The average molecular weight is 305 g/mol. The van der Waals surface area contributed by atoms with Crippen molar-refractivity contribution in [1.82, 2.24) is 0 Å². The quantitative estimate of drug-likeness (QED) is 0.838. The molecule has 2 N–H and O–H groups in total. The van der Waals surface area contributed by atoms with E-state index in [1.54, 1.807) is 12.1 Å². The summed E-state index contributed by atoms with van der Waals surface area (Å²) < 4.78 is 13.9. The van der Waals surface area contributed by atoms with E-state index in [1.807, 2.05) is 0 Å². The van der Waals surface area contributed by atoms with E-state index in [-0.39, 0.29) is 0 Å². The van der Waals surface area contributed by atoms with Crippen molar-refractivity contribution in [3.05, 3.63) is 56.8 Å². The van der Waals surface area contributed by atoms with Crippen molar-refractivity contribution in [1.29, 1.82) is 0 Å². The summed E-state index contributed by atoms with van der Waals surface area (Å²) in [6.07, 6.45) is 0. The second-order valence-electron chi connectivity index (χ2n) is 3.76. The zero-order valence-electron chi connectivity index (χ0n) is 9.18. The number of rotatable bonds is 2. The minimum atomic E-state index is -0.404. The highest BCUT2D eigenvalue weighted by atomic mass is 35.5. The number of halogens is 4. The van der Waals surface area contributed by atoms with Gasteiger partial charge >= 0.3 is 0 Å². The molecule has 0 fully saturated rings. The van der Waals surface area contributed by atoms with E-state index in [1.165, 1.54) is 18.2 Å². The molecular weight excluding hydrogens is 296 g/mol. The van der Waals surface area contributed by atoms with E-state index in [9.17, 15) is 4.39 Å². The summed E-state index contributed by atoms with van der Waals surface area (Å²) in [5.74, 6) is -0.404. The summed E-state index contributed by atoms with van der Waals surface area (Å²) in [6, 6.07) is 7.66. The predicted molar refractivity (Wildman–Crippen MR) is 74.8 cm³/mol. The highest BCUT2D eigenvalue weighted by Crippen LogP contribution is 2.38. The summed E-state index contributed by atoms with van der Waals surface area (Å²) in [5, 5.41) is 1.02. The molecule has 0 aliphatic carbocycles. The molecule has 94 valence electrons. The number of hydrogen-bond acceptors (Lipinski definition) is 1. The van der Waals surface area contributed by atoms with Crippen LogP contribution in [0.2, 0.25) is 15.1 Å². The maximum Gasteiger partial charge on any atom is 0.131 e. The predicted octanol–water partition coefficient (Wildman–Crippen LogP) is 4.91. The second kappa shape index (κ2) is 5.45. The van der Waals surface area contributed by atoms with Crippen molar-refractivity contribution in [3.63, 3.8) is 0 Å². The molecule has 1 nitrogen and oxygen atoms in total. The lowest BCUT2D eigenvalue weighted by atomic mass is 10.0. The molecule has 0 radical (unpaired) electrons. The molecule has 2 rings (SSSR count). The highest BCUT2D eigenvalue weighted by Gasteiger charge is 2.14. The molecule has 18 heavy (non-hydrogen) atoms. The van der Waals surface area contributed by atoms with Crippen molar-refractivity contribution in [2.24, 2.45) is 5.73 Å². The molecule has 0 bridgehead atoms. The first-order chi connectivity index (χ1) is 8.52. The Bertz CT molecular complexity index is 576. The lowest BCUT2D eigenvalue weighted by molar-refractivity contribution is 0.630. The van der Waals surface area contributed by atoms with Gasteiger partial charge in [-0.15, -0.1) is 0 Å². The first-order valence-electron chi connectivity index (χ1n) is 5.16. The van der Waals surface area contributed by atoms with Gasteiger partial charge in [0.2, 0.25) is 0 Å². The fourth-order valence-electron chi connectivity index (χ4n) is 1.69. The molecular formula is C13H9Cl3FN. The van der Waals surface area contributed by atoms with E-state index in [2.05, 4.69) is 0 Å². The molecule has 0 aliphatic heterocycles. The molecule has 0 aliphatic rings. The van der Waals surface area contributed by atoms with Crippen LogP contribution in [0.3, 0.4) is 0 Å². The summed E-state index contributed by atoms with van der Waals surface area (Å²) in [6.45, 7) is 0.316. The molecule has 0 amide bonds. The van der Waals surface area contributed by atoms with Crippen LogP contribution in [0.4, 0.5) is 4.39 Å². The smallest absolute Gasteiger partial charge is 0.131 e. The Kier molecular flexibility index (Phi) is 4.13. The third-order valence-electron chi connectivity index (χ3n) is 2.54. The zero-order chi connectivity index (χ0) is 13.3. The number of hydrogen-bond donors (Lipinski definition) is 1. The van der Waals surface area contributed by atoms with Gasteiger partial charge < -0.3 is 5.73 Å². The lowest BCUT2D eigenvalue weighted by Crippen LogP contribution is -1.98. The van der Waals surface area contributed by atoms with E-state index in [0.717, 1.165) is 5.56 Å². The summed E-state index contributed by atoms with van der Waals surface area (Å²) >= 11 is 18.0. The van der Waals surface area contributed by atoms with Crippen LogP contribution in [-0.2, 0) is 6.54 Å². The van der Waals surface area contributed by atoms with Gasteiger partial charge in [0.05, 0.1) is 10.0 Å². The normalized spacial score (nSPS) is 10.7. The van der Waals surface area contributed by atoms with Gasteiger partial charge in [-0.3, -0.25) is 0 Å². The maximum atomic E-state index is 13.9. The molecule has 0 saturated heterocycles. The van der Waals surface area contributed by atoms with E-state index in [0.29, 0.717) is 32.7 Å². The summed E-state index contributed by atoms with van der Waals surface area (Å²) in [5.41, 5.74) is 7.09. The summed E-state index contributed by atoms with van der Waals surface area (Å²) in [7, 11) is 0. The van der Waals surface area contributed by atoms with Crippen LogP contribution in [-0.4, -0.2) is 0 Å². The van der Waals surface area contributed by atoms with E-state index >= 15 is 0 Å². The third-order valence-corrected chi connectivity index (χ3v) is 3.36. The van der Waals surface area contributed by atoms with Gasteiger partial charge in [0.25, 0.3) is 0 Å². The van der Waals surface area contributed by atoms with Gasteiger partial charge in [-0.25, -0.2) is 4.39 Å². The first-order valence-corrected chi connectivity index (χ1v) is 6.29. The van der Waals surface area contributed by atoms with Crippen molar-refractivity contribution < 1.29 is 4.39 Å². The molecule has 2 aromatic carbocycles. The maximum absolute atomic E-state index is 13.9. The van der Waals surface area contributed by atoms with Crippen molar-refractivity contribution in [2.75, 3.05) is 0 Å².